The number of benzene rings is 2. The molecule has 2 heterocycles. The number of fused-ring (bicyclic) bond motifs is 2. The number of carbonyl (C=O) groups excluding carboxylic acids is 1. The molecule has 1 amide bonds. The van der Waals surface area contributed by atoms with Crippen LogP contribution in [0.3, 0.4) is 0 Å². The van der Waals surface area contributed by atoms with E-state index in [2.05, 4.69) is 5.32 Å². The Morgan fingerprint density at radius 1 is 1.23 bits per heavy atom. The summed E-state index contributed by atoms with van der Waals surface area (Å²) in [6.45, 7) is 5.13. The Balaban J connectivity index is 1.66. The molecule has 1 atom stereocenters. The SMILES string of the molecule is COc1ccc2c(c1)C(NC(=O)c1cccc3c1COC3)CC(C)(C)O2. The van der Waals surface area contributed by atoms with Crippen LogP contribution < -0.4 is 14.8 Å². The Kier molecular flexibility index (Phi) is 4.11. The summed E-state index contributed by atoms with van der Waals surface area (Å²) in [5, 5.41) is 3.20. The first kappa shape index (κ1) is 16.9. The van der Waals surface area contributed by atoms with Gasteiger partial charge in [0.2, 0.25) is 0 Å². The molecule has 2 aromatic carbocycles. The number of amides is 1. The van der Waals surface area contributed by atoms with E-state index in [-0.39, 0.29) is 17.6 Å². The summed E-state index contributed by atoms with van der Waals surface area (Å²) < 4.78 is 16.9. The zero-order valence-corrected chi connectivity index (χ0v) is 15.3. The molecule has 0 spiro atoms. The highest BCUT2D eigenvalue weighted by Gasteiger charge is 2.35. The van der Waals surface area contributed by atoms with Crippen molar-refractivity contribution in [2.75, 3.05) is 7.11 Å². The van der Waals surface area contributed by atoms with E-state index < -0.39 is 0 Å². The molecule has 0 saturated carbocycles. The zero-order valence-electron chi connectivity index (χ0n) is 15.3. The maximum Gasteiger partial charge on any atom is 0.252 e. The molecule has 2 aliphatic heterocycles. The lowest BCUT2D eigenvalue weighted by atomic mass is 9.89. The van der Waals surface area contributed by atoms with Crippen LogP contribution in [0.15, 0.2) is 36.4 Å². The first-order chi connectivity index (χ1) is 12.5. The topological polar surface area (TPSA) is 56.8 Å². The molecular formula is C21H23NO4. The van der Waals surface area contributed by atoms with Crippen LogP contribution in [0.2, 0.25) is 0 Å². The molecule has 0 bridgehead atoms. The van der Waals surface area contributed by atoms with Crippen LogP contribution in [0.5, 0.6) is 11.5 Å². The van der Waals surface area contributed by atoms with Gasteiger partial charge in [0.05, 0.1) is 26.4 Å². The van der Waals surface area contributed by atoms with Crippen LogP contribution in [0.1, 0.15) is 53.4 Å². The summed E-state index contributed by atoms with van der Waals surface area (Å²) in [5.74, 6) is 1.46. The van der Waals surface area contributed by atoms with Gasteiger partial charge in [-0.25, -0.2) is 0 Å². The van der Waals surface area contributed by atoms with Crippen molar-refractivity contribution in [1.82, 2.24) is 5.32 Å². The van der Waals surface area contributed by atoms with Gasteiger partial charge in [0.1, 0.15) is 17.1 Å². The maximum absolute atomic E-state index is 13.0. The van der Waals surface area contributed by atoms with E-state index in [1.54, 1.807) is 7.11 Å². The van der Waals surface area contributed by atoms with Gasteiger partial charge in [-0.05, 0) is 49.2 Å². The van der Waals surface area contributed by atoms with Crippen LogP contribution in [-0.2, 0) is 18.0 Å². The third-order valence-electron chi connectivity index (χ3n) is 5.00. The number of methoxy groups -OCH3 is 1. The fourth-order valence-electron chi connectivity index (χ4n) is 3.74. The van der Waals surface area contributed by atoms with Gasteiger partial charge in [0.15, 0.2) is 0 Å². The molecule has 4 rings (SSSR count). The molecule has 0 radical (unpaired) electrons. The predicted molar refractivity (Wildman–Crippen MR) is 97.5 cm³/mol. The Hall–Kier alpha value is -2.53. The van der Waals surface area contributed by atoms with Gasteiger partial charge in [-0.3, -0.25) is 4.79 Å². The third-order valence-corrected chi connectivity index (χ3v) is 5.00. The quantitative estimate of drug-likeness (QED) is 0.913. The zero-order chi connectivity index (χ0) is 18.3. The smallest absolute Gasteiger partial charge is 0.252 e. The van der Waals surface area contributed by atoms with E-state index in [0.717, 1.165) is 28.2 Å². The number of carbonyl (C=O) groups is 1. The average molecular weight is 353 g/mol. The Morgan fingerprint density at radius 2 is 2.08 bits per heavy atom. The second kappa shape index (κ2) is 6.32. The molecule has 1 N–H and O–H groups in total. The summed E-state index contributed by atoms with van der Waals surface area (Å²) in [4.78, 5) is 13.0. The van der Waals surface area contributed by atoms with Crippen molar-refractivity contribution >= 4 is 5.91 Å². The molecule has 0 aromatic heterocycles. The van der Waals surface area contributed by atoms with Gasteiger partial charge in [-0.1, -0.05) is 12.1 Å². The average Bonchev–Trinajstić information content (AvgIpc) is 3.09. The molecule has 26 heavy (non-hydrogen) atoms. The normalized spacial score (nSPS) is 19.9. The van der Waals surface area contributed by atoms with Crippen molar-refractivity contribution in [1.29, 1.82) is 0 Å². The van der Waals surface area contributed by atoms with E-state index >= 15 is 0 Å². The van der Waals surface area contributed by atoms with E-state index in [1.165, 1.54) is 0 Å². The fraction of sp³-hybridized carbons (Fsp3) is 0.381. The van der Waals surface area contributed by atoms with E-state index in [9.17, 15) is 4.79 Å². The van der Waals surface area contributed by atoms with Gasteiger partial charge in [-0.2, -0.15) is 0 Å². The van der Waals surface area contributed by atoms with E-state index in [1.807, 2.05) is 50.2 Å². The van der Waals surface area contributed by atoms with Crippen LogP contribution in [-0.4, -0.2) is 18.6 Å². The predicted octanol–water partition coefficient (Wildman–Crippen LogP) is 3.76. The van der Waals surface area contributed by atoms with Crippen LogP contribution in [0, 0.1) is 0 Å². The summed E-state index contributed by atoms with van der Waals surface area (Å²) in [5.41, 5.74) is 3.35. The van der Waals surface area contributed by atoms with Gasteiger partial charge < -0.3 is 19.5 Å². The van der Waals surface area contributed by atoms with Crippen molar-refractivity contribution in [2.45, 2.75) is 45.1 Å². The highest BCUT2D eigenvalue weighted by Crippen LogP contribution is 2.41. The highest BCUT2D eigenvalue weighted by atomic mass is 16.5. The molecular weight excluding hydrogens is 330 g/mol. The minimum Gasteiger partial charge on any atom is -0.497 e. The molecule has 5 nitrogen and oxygen atoms in total. The Bertz CT molecular complexity index is 859. The third kappa shape index (κ3) is 3.03. The largest absolute Gasteiger partial charge is 0.497 e. The molecule has 0 aliphatic carbocycles. The lowest BCUT2D eigenvalue weighted by Gasteiger charge is -2.38. The van der Waals surface area contributed by atoms with Crippen molar-refractivity contribution < 1.29 is 19.0 Å². The minimum absolute atomic E-state index is 0.0798. The highest BCUT2D eigenvalue weighted by molar-refractivity contribution is 5.96. The lowest BCUT2D eigenvalue weighted by Crippen LogP contribution is -2.41. The molecule has 1 unspecified atom stereocenters. The summed E-state index contributed by atoms with van der Waals surface area (Å²) in [6.07, 6.45) is 0.685. The first-order valence-electron chi connectivity index (χ1n) is 8.83. The molecule has 2 aromatic rings. The monoisotopic (exact) mass is 353 g/mol. The maximum atomic E-state index is 13.0. The van der Waals surface area contributed by atoms with Crippen molar-refractivity contribution in [3.05, 3.63) is 58.7 Å². The molecule has 5 heteroatoms. The molecule has 2 aliphatic rings. The number of rotatable bonds is 3. The van der Waals surface area contributed by atoms with Gasteiger partial charge in [0.25, 0.3) is 5.91 Å². The van der Waals surface area contributed by atoms with E-state index in [0.29, 0.717) is 25.2 Å². The van der Waals surface area contributed by atoms with Crippen LogP contribution >= 0.6 is 0 Å². The second-order valence-electron chi connectivity index (χ2n) is 7.43. The van der Waals surface area contributed by atoms with Gasteiger partial charge in [-0.15, -0.1) is 0 Å². The molecule has 0 saturated heterocycles. The minimum atomic E-state index is -0.360. The van der Waals surface area contributed by atoms with Crippen LogP contribution in [0.4, 0.5) is 0 Å². The number of hydrogen-bond acceptors (Lipinski definition) is 4. The Labute approximate surface area is 153 Å². The Morgan fingerprint density at radius 3 is 2.88 bits per heavy atom. The first-order valence-corrected chi connectivity index (χ1v) is 8.83. The summed E-state index contributed by atoms with van der Waals surface area (Å²) in [7, 11) is 1.64. The van der Waals surface area contributed by atoms with E-state index in [4.69, 9.17) is 14.2 Å². The van der Waals surface area contributed by atoms with Crippen molar-refractivity contribution in [3.8, 4) is 11.5 Å². The molecule has 0 fully saturated rings. The number of hydrogen-bond donors (Lipinski definition) is 1. The fourth-order valence-corrected chi connectivity index (χ4v) is 3.74. The van der Waals surface area contributed by atoms with Gasteiger partial charge >= 0.3 is 0 Å². The number of ether oxygens (including phenoxy) is 3. The summed E-state index contributed by atoms with van der Waals surface area (Å²) in [6, 6.07) is 11.4. The van der Waals surface area contributed by atoms with Crippen molar-refractivity contribution in [2.24, 2.45) is 0 Å². The second-order valence-corrected chi connectivity index (χ2v) is 7.43. The van der Waals surface area contributed by atoms with Crippen molar-refractivity contribution in [3.63, 3.8) is 0 Å². The lowest BCUT2D eigenvalue weighted by molar-refractivity contribution is 0.0617. The van der Waals surface area contributed by atoms with Gasteiger partial charge in [0, 0.05) is 17.5 Å². The van der Waals surface area contributed by atoms with Crippen LogP contribution in [0.25, 0.3) is 0 Å². The summed E-state index contributed by atoms with van der Waals surface area (Å²) >= 11 is 0. The molecule has 136 valence electrons. The number of nitrogens with one attached hydrogen (secondary N) is 1. The standard InChI is InChI=1S/C21H23NO4/c1-21(2)10-18(16-9-14(24-3)7-8-19(16)26-21)22-20(23)15-6-4-5-13-11-25-12-17(13)15/h4-9,18H,10-12H2,1-3H3,(H,22,23).